The third-order valence-corrected chi connectivity index (χ3v) is 5.20. The van der Waals surface area contributed by atoms with Gasteiger partial charge in [-0.1, -0.05) is 50.2 Å². The van der Waals surface area contributed by atoms with Crippen molar-refractivity contribution in [1.29, 1.82) is 0 Å². The van der Waals surface area contributed by atoms with Crippen LogP contribution in [0.2, 0.25) is 0 Å². The zero-order valence-corrected chi connectivity index (χ0v) is 19.3. The number of hydrogen-bond acceptors (Lipinski definition) is 3. The van der Waals surface area contributed by atoms with Crippen molar-refractivity contribution in [3.05, 3.63) is 64.7 Å². The van der Waals surface area contributed by atoms with Gasteiger partial charge in [-0.05, 0) is 55.9 Å². The van der Waals surface area contributed by atoms with Gasteiger partial charge in [0, 0.05) is 18.3 Å². The Morgan fingerprint density at radius 1 is 0.903 bits per heavy atom. The minimum atomic E-state index is -0.704. The number of para-hydroxylation sites is 1. The van der Waals surface area contributed by atoms with Gasteiger partial charge in [0.25, 0.3) is 5.91 Å². The number of carbonyl (C=O) groups is 3. The fourth-order valence-corrected chi connectivity index (χ4v) is 3.51. The molecule has 2 aromatic carbocycles. The molecule has 6 heteroatoms. The Morgan fingerprint density at radius 2 is 1.48 bits per heavy atom. The van der Waals surface area contributed by atoms with Crippen molar-refractivity contribution in [3.8, 4) is 0 Å². The lowest BCUT2D eigenvalue weighted by Crippen LogP contribution is -2.49. The van der Waals surface area contributed by atoms with Crippen LogP contribution in [-0.2, 0) is 9.59 Å². The van der Waals surface area contributed by atoms with Crippen LogP contribution in [0.25, 0.3) is 0 Å². The highest BCUT2D eigenvalue weighted by Crippen LogP contribution is 2.19. The van der Waals surface area contributed by atoms with E-state index < -0.39 is 6.04 Å². The number of likely N-dealkylation sites (N-methyl/N-ethyl adjacent to an activating group) is 1. The number of nitrogens with zero attached hydrogens (tertiary/aromatic N) is 1. The van der Waals surface area contributed by atoms with E-state index in [4.69, 9.17) is 0 Å². The van der Waals surface area contributed by atoms with E-state index in [0.717, 1.165) is 22.4 Å². The van der Waals surface area contributed by atoms with Gasteiger partial charge in [-0.15, -0.1) is 0 Å². The van der Waals surface area contributed by atoms with Crippen LogP contribution in [0.5, 0.6) is 0 Å². The maximum absolute atomic E-state index is 13.1. The van der Waals surface area contributed by atoms with Gasteiger partial charge in [-0.25, -0.2) is 0 Å². The molecular formula is C25H33N3O3. The quantitative estimate of drug-likeness (QED) is 0.677. The van der Waals surface area contributed by atoms with Crippen molar-refractivity contribution in [2.24, 2.45) is 5.92 Å². The summed E-state index contributed by atoms with van der Waals surface area (Å²) in [5.41, 5.74) is 4.08. The maximum Gasteiger partial charge on any atom is 0.252 e. The number of nitrogens with one attached hydrogen (secondary N) is 2. The third kappa shape index (κ3) is 6.67. The number of anilines is 1. The molecule has 31 heavy (non-hydrogen) atoms. The number of amides is 3. The first-order chi connectivity index (χ1) is 14.6. The van der Waals surface area contributed by atoms with E-state index in [1.807, 2.05) is 65.0 Å². The van der Waals surface area contributed by atoms with E-state index >= 15 is 0 Å². The van der Waals surface area contributed by atoms with Crippen molar-refractivity contribution in [3.63, 3.8) is 0 Å². The van der Waals surface area contributed by atoms with Crippen LogP contribution < -0.4 is 10.6 Å². The van der Waals surface area contributed by atoms with Gasteiger partial charge in [0.2, 0.25) is 11.8 Å². The lowest BCUT2D eigenvalue weighted by molar-refractivity contribution is -0.135. The molecule has 166 valence electrons. The Bertz CT molecular complexity index is 933. The summed E-state index contributed by atoms with van der Waals surface area (Å²) in [6.07, 6.45) is 0.485. The van der Waals surface area contributed by atoms with E-state index in [1.54, 1.807) is 19.2 Å². The summed E-state index contributed by atoms with van der Waals surface area (Å²) in [6, 6.07) is 12.3. The molecule has 2 rings (SSSR count). The molecule has 0 fully saturated rings. The number of carbonyl (C=O) groups excluding carboxylic acids is 3. The molecular weight excluding hydrogens is 390 g/mol. The summed E-state index contributed by atoms with van der Waals surface area (Å²) < 4.78 is 0. The fourth-order valence-electron chi connectivity index (χ4n) is 3.51. The normalized spacial score (nSPS) is 11.7. The van der Waals surface area contributed by atoms with Gasteiger partial charge in [0.05, 0.1) is 6.54 Å². The van der Waals surface area contributed by atoms with Crippen LogP contribution in [0.15, 0.2) is 42.5 Å². The molecule has 0 aliphatic heterocycles. The molecule has 6 nitrogen and oxygen atoms in total. The number of hydrogen-bond donors (Lipinski definition) is 2. The predicted molar refractivity (Wildman–Crippen MR) is 124 cm³/mol. The minimum Gasteiger partial charge on any atom is -0.340 e. The van der Waals surface area contributed by atoms with Crippen LogP contribution >= 0.6 is 0 Å². The number of aryl methyl sites for hydroxylation is 3. The molecule has 1 unspecified atom stereocenters. The smallest absolute Gasteiger partial charge is 0.252 e. The van der Waals surface area contributed by atoms with Crippen molar-refractivity contribution < 1.29 is 14.4 Å². The Balaban J connectivity index is 2.08. The Morgan fingerprint density at radius 3 is 2.06 bits per heavy atom. The maximum atomic E-state index is 13.1. The molecule has 0 aliphatic carbocycles. The van der Waals surface area contributed by atoms with E-state index in [9.17, 15) is 14.4 Å². The zero-order chi connectivity index (χ0) is 23.1. The molecule has 2 N–H and O–H groups in total. The highest BCUT2D eigenvalue weighted by Gasteiger charge is 2.27. The second kappa shape index (κ2) is 10.8. The molecule has 0 heterocycles. The first-order valence-electron chi connectivity index (χ1n) is 10.6. The van der Waals surface area contributed by atoms with E-state index in [2.05, 4.69) is 10.6 Å². The molecule has 0 aliphatic rings. The number of benzene rings is 2. The first-order valence-corrected chi connectivity index (χ1v) is 10.6. The van der Waals surface area contributed by atoms with Crippen molar-refractivity contribution in [2.45, 2.75) is 47.1 Å². The van der Waals surface area contributed by atoms with Crippen molar-refractivity contribution in [1.82, 2.24) is 10.2 Å². The van der Waals surface area contributed by atoms with Crippen LogP contribution in [0.1, 0.15) is 47.3 Å². The Hall–Kier alpha value is -3.15. The summed E-state index contributed by atoms with van der Waals surface area (Å²) >= 11 is 0. The van der Waals surface area contributed by atoms with E-state index in [0.29, 0.717) is 12.0 Å². The van der Waals surface area contributed by atoms with E-state index in [1.165, 1.54) is 4.90 Å². The van der Waals surface area contributed by atoms with Gasteiger partial charge in [0.1, 0.15) is 6.04 Å². The second-order valence-electron chi connectivity index (χ2n) is 8.48. The third-order valence-electron chi connectivity index (χ3n) is 5.20. The second-order valence-corrected chi connectivity index (χ2v) is 8.48. The average Bonchev–Trinajstić information content (AvgIpc) is 2.69. The molecule has 0 aromatic heterocycles. The molecule has 1 atom stereocenters. The van der Waals surface area contributed by atoms with Crippen LogP contribution in [0.4, 0.5) is 5.69 Å². The summed E-state index contributed by atoms with van der Waals surface area (Å²) in [7, 11) is 1.58. The van der Waals surface area contributed by atoms with Crippen LogP contribution in [0, 0.1) is 26.7 Å². The van der Waals surface area contributed by atoms with Gasteiger partial charge in [-0.3, -0.25) is 14.4 Å². The molecule has 2 aromatic rings. The fraction of sp³-hybridized carbons (Fsp3) is 0.400. The molecule has 0 spiro atoms. The van der Waals surface area contributed by atoms with Gasteiger partial charge >= 0.3 is 0 Å². The van der Waals surface area contributed by atoms with Crippen LogP contribution in [0.3, 0.4) is 0 Å². The van der Waals surface area contributed by atoms with Crippen molar-refractivity contribution in [2.75, 3.05) is 18.9 Å². The minimum absolute atomic E-state index is 0.0958. The Kier molecular flexibility index (Phi) is 8.37. The molecule has 3 amide bonds. The monoisotopic (exact) mass is 423 g/mol. The van der Waals surface area contributed by atoms with Gasteiger partial charge in [0.15, 0.2) is 0 Å². The van der Waals surface area contributed by atoms with Crippen molar-refractivity contribution >= 4 is 23.4 Å². The highest BCUT2D eigenvalue weighted by atomic mass is 16.2. The topological polar surface area (TPSA) is 78.5 Å². The lowest BCUT2D eigenvalue weighted by atomic mass is 10.0. The summed E-state index contributed by atoms with van der Waals surface area (Å²) in [5.74, 6) is -0.650. The zero-order valence-electron chi connectivity index (χ0n) is 19.3. The average molecular weight is 424 g/mol. The van der Waals surface area contributed by atoms with E-state index in [-0.39, 0.29) is 30.2 Å². The molecule has 0 saturated carbocycles. The highest BCUT2D eigenvalue weighted by molar-refractivity contribution is 6.00. The molecule has 0 saturated heterocycles. The summed E-state index contributed by atoms with van der Waals surface area (Å²) in [5, 5.41) is 5.76. The number of rotatable bonds is 8. The predicted octanol–water partition coefficient (Wildman–Crippen LogP) is 3.85. The lowest BCUT2D eigenvalue weighted by Gasteiger charge is -2.26. The van der Waals surface area contributed by atoms with Crippen LogP contribution in [-0.4, -0.2) is 42.3 Å². The Labute approximate surface area is 185 Å². The first kappa shape index (κ1) is 24.1. The molecule has 0 radical (unpaired) electrons. The molecule has 0 bridgehead atoms. The van der Waals surface area contributed by atoms with Gasteiger partial charge < -0.3 is 15.5 Å². The van der Waals surface area contributed by atoms with Gasteiger partial charge in [-0.2, -0.15) is 0 Å². The summed E-state index contributed by atoms with van der Waals surface area (Å²) in [4.78, 5) is 39.8. The summed E-state index contributed by atoms with van der Waals surface area (Å²) in [6.45, 7) is 9.61. The SMILES string of the molecule is Cc1ccccc1C(=O)NC(CC(C)C)C(=O)N(C)CC(=O)Nc1c(C)cccc1C. The standard InChI is InChI=1S/C25H33N3O3/c1-16(2)14-21(26-24(30)20-13-8-7-10-17(20)3)25(31)28(6)15-22(29)27-23-18(4)11-9-12-19(23)5/h7-13,16,21H,14-15H2,1-6H3,(H,26,30)(H,27,29). The largest absolute Gasteiger partial charge is 0.340 e.